The summed E-state index contributed by atoms with van der Waals surface area (Å²) in [5.74, 6) is -1.30. The van der Waals surface area contributed by atoms with Crippen LogP contribution in [0.25, 0.3) is 0 Å². The number of aryl methyl sites for hydroxylation is 1. The van der Waals surface area contributed by atoms with Crippen molar-refractivity contribution in [3.05, 3.63) is 18.0 Å². The first-order chi connectivity index (χ1) is 9.06. The first kappa shape index (κ1) is 13.6. The smallest absolute Gasteiger partial charge is 0.306 e. The number of carbonyl (C=O) groups excluding carboxylic acids is 1. The maximum Gasteiger partial charge on any atom is 0.306 e. The van der Waals surface area contributed by atoms with Crippen molar-refractivity contribution in [2.24, 2.45) is 18.9 Å². The summed E-state index contributed by atoms with van der Waals surface area (Å²) < 4.78 is 1.73. The van der Waals surface area contributed by atoms with Gasteiger partial charge in [-0.15, -0.1) is 0 Å². The number of aromatic nitrogens is 2. The lowest BCUT2D eigenvalue weighted by Gasteiger charge is -2.10. The summed E-state index contributed by atoms with van der Waals surface area (Å²) in [6.07, 6.45) is 6.19. The molecule has 0 aromatic carbocycles. The van der Waals surface area contributed by atoms with Crippen molar-refractivity contribution in [3.8, 4) is 0 Å². The molecule has 6 nitrogen and oxygen atoms in total. The fourth-order valence-corrected chi connectivity index (χ4v) is 2.52. The molecule has 1 heterocycles. The van der Waals surface area contributed by atoms with E-state index in [9.17, 15) is 9.59 Å². The van der Waals surface area contributed by atoms with Gasteiger partial charge in [0.2, 0.25) is 5.91 Å². The van der Waals surface area contributed by atoms with E-state index in [1.807, 2.05) is 13.2 Å². The first-order valence-corrected chi connectivity index (χ1v) is 6.54. The van der Waals surface area contributed by atoms with Gasteiger partial charge in [0, 0.05) is 25.7 Å². The van der Waals surface area contributed by atoms with Gasteiger partial charge in [-0.3, -0.25) is 14.3 Å². The van der Waals surface area contributed by atoms with Gasteiger partial charge in [-0.05, 0) is 31.2 Å². The lowest BCUT2D eigenvalue weighted by atomic mass is 10.0. The lowest BCUT2D eigenvalue weighted by molar-refractivity contribution is -0.141. The van der Waals surface area contributed by atoms with Gasteiger partial charge in [0.1, 0.15) is 0 Å². The molecule has 0 radical (unpaired) electrons. The molecule has 2 rings (SSSR count). The quantitative estimate of drug-likeness (QED) is 0.815. The summed E-state index contributed by atoms with van der Waals surface area (Å²) in [6.45, 7) is 0.568. The summed E-state index contributed by atoms with van der Waals surface area (Å²) >= 11 is 0. The number of hydrogen-bond acceptors (Lipinski definition) is 3. The van der Waals surface area contributed by atoms with Crippen LogP contribution in [0, 0.1) is 11.8 Å². The van der Waals surface area contributed by atoms with Gasteiger partial charge in [-0.1, -0.05) is 0 Å². The molecule has 0 saturated heterocycles. The minimum absolute atomic E-state index is 0.0207. The zero-order valence-corrected chi connectivity index (χ0v) is 11.0. The number of carbonyl (C=O) groups is 2. The monoisotopic (exact) mass is 265 g/mol. The number of carboxylic acid groups (broad SMARTS) is 1. The van der Waals surface area contributed by atoms with Gasteiger partial charge < -0.3 is 10.4 Å². The Morgan fingerprint density at radius 1 is 1.47 bits per heavy atom. The average Bonchev–Trinajstić information content (AvgIpc) is 2.98. The molecule has 0 aliphatic heterocycles. The second-order valence-electron chi connectivity index (χ2n) is 5.11. The summed E-state index contributed by atoms with van der Waals surface area (Å²) in [5.41, 5.74) is 1.08. The molecular formula is C13H19N3O3. The van der Waals surface area contributed by atoms with E-state index in [2.05, 4.69) is 10.4 Å². The lowest BCUT2D eigenvalue weighted by Crippen LogP contribution is -2.31. The van der Waals surface area contributed by atoms with Crippen LogP contribution in [0.1, 0.15) is 24.8 Å². The molecule has 2 N–H and O–H groups in total. The summed E-state index contributed by atoms with van der Waals surface area (Å²) in [4.78, 5) is 22.7. The van der Waals surface area contributed by atoms with E-state index < -0.39 is 5.97 Å². The highest BCUT2D eigenvalue weighted by Gasteiger charge is 2.33. The molecule has 1 aliphatic carbocycles. The van der Waals surface area contributed by atoms with Crippen molar-refractivity contribution in [1.82, 2.24) is 15.1 Å². The molecule has 1 aromatic rings. The molecule has 1 aromatic heterocycles. The van der Waals surface area contributed by atoms with E-state index in [0.29, 0.717) is 25.8 Å². The average molecular weight is 265 g/mol. The van der Waals surface area contributed by atoms with Crippen LogP contribution in [-0.4, -0.2) is 33.3 Å². The highest BCUT2D eigenvalue weighted by Crippen LogP contribution is 2.30. The normalized spacial score (nSPS) is 22.4. The Labute approximate surface area is 111 Å². The van der Waals surface area contributed by atoms with Crippen molar-refractivity contribution >= 4 is 11.9 Å². The highest BCUT2D eigenvalue weighted by atomic mass is 16.4. The number of hydrogen-bond donors (Lipinski definition) is 2. The Morgan fingerprint density at radius 3 is 2.79 bits per heavy atom. The molecule has 2 atom stereocenters. The summed E-state index contributed by atoms with van der Waals surface area (Å²) in [7, 11) is 1.85. The molecule has 1 amide bonds. The van der Waals surface area contributed by atoms with Crippen LogP contribution < -0.4 is 5.32 Å². The van der Waals surface area contributed by atoms with Gasteiger partial charge in [-0.25, -0.2) is 0 Å². The second kappa shape index (κ2) is 5.86. The van der Waals surface area contributed by atoms with Crippen molar-refractivity contribution in [2.75, 3.05) is 6.54 Å². The molecule has 0 spiro atoms. The van der Waals surface area contributed by atoms with Crippen LogP contribution in [0.4, 0.5) is 0 Å². The Hall–Kier alpha value is -1.85. The molecule has 2 unspecified atom stereocenters. The molecule has 104 valence electrons. The Kier molecular flexibility index (Phi) is 4.19. The molecule has 6 heteroatoms. The Morgan fingerprint density at radius 2 is 2.21 bits per heavy atom. The minimum Gasteiger partial charge on any atom is -0.481 e. The van der Waals surface area contributed by atoms with Crippen molar-refractivity contribution in [3.63, 3.8) is 0 Å². The number of amides is 1. The highest BCUT2D eigenvalue weighted by molar-refractivity contribution is 5.80. The largest absolute Gasteiger partial charge is 0.481 e. The molecule has 19 heavy (non-hydrogen) atoms. The SMILES string of the molecule is Cn1cc(CCNC(=O)C2CCC(C(=O)O)C2)cn1. The fourth-order valence-electron chi connectivity index (χ4n) is 2.52. The summed E-state index contributed by atoms with van der Waals surface area (Å²) in [6, 6.07) is 0. The van der Waals surface area contributed by atoms with Crippen LogP contribution in [-0.2, 0) is 23.1 Å². The molecule has 1 aliphatic rings. The zero-order valence-electron chi connectivity index (χ0n) is 11.0. The van der Waals surface area contributed by atoms with Crippen LogP contribution in [0.15, 0.2) is 12.4 Å². The standard InChI is InChI=1S/C13H19N3O3/c1-16-8-9(7-15-16)4-5-14-12(17)10-2-3-11(6-10)13(18)19/h7-8,10-11H,2-6H2,1H3,(H,14,17)(H,18,19). The van der Waals surface area contributed by atoms with E-state index >= 15 is 0 Å². The van der Waals surface area contributed by atoms with Crippen molar-refractivity contribution < 1.29 is 14.7 Å². The first-order valence-electron chi connectivity index (χ1n) is 6.54. The van der Waals surface area contributed by atoms with Crippen molar-refractivity contribution in [2.45, 2.75) is 25.7 Å². The number of aliphatic carboxylic acids is 1. The third-order valence-electron chi connectivity index (χ3n) is 3.62. The van der Waals surface area contributed by atoms with E-state index in [1.165, 1.54) is 0 Å². The van der Waals surface area contributed by atoms with Gasteiger partial charge in [-0.2, -0.15) is 5.10 Å². The van der Waals surface area contributed by atoms with Crippen LogP contribution in [0.2, 0.25) is 0 Å². The molecule has 1 saturated carbocycles. The zero-order chi connectivity index (χ0) is 13.8. The van der Waals surface area contributed by atoms with Gasteiger partial charge in [0.25, 0.3) is 0 Å². The van der Waals surface area contributed by atoms with Gasteiger partial charge >= 0.3 is 5.97 Å². The maximum absolute atomic E-state index is 11.9. The van der Waals surface area contributed by atoms with Crippen LogP contribution in [0.3, 0.4) is 0 Å². The number of nitrogens with zero attached hydrogens (tertiary/aromatic N) is 2. The third kappa shape index (κ3) is 3.56. The Bertz CT molecular complexity index is 469. The van der Waals surface area contributed by atoms with Gasteiger partial charge in [0.05, 0.1) is 12.1 Å². The Balaban J connectivity index is 1.72. The van der Waals surface area contributed by atoms with Crippen LogP contribution >= 0.6 is 0 Å². The van der Waals surface area contributed by atoms with E-state index in [4.69, 9.17) is 5.11 Å². The second-order valence-corrected chi connectivity index (χ2v) is 5.11. The van der Waals surface area contributed by atoms with Gasteiger partial charge in [0.15, 0.2) is 0 Å². The predicted octanol–water partition coefficient (Wildman–Crippen LogP) is 0.580. The molecule has 0 bridgehead atoms. The van der Waals surface area contributed by atoms with Crippen molar-refractivity contribution in [1.29, 1.82) is 0 Å². The number of rotatable bonds is 5. The fraction of sp³-hybridized carbons (Fsp3) is 0.615. The minimum atomic E-state index is -0.786. The predicted molar refractivity (Wildman–Crippen MR) is 68.4 cm³/mol. The number of nitrogens with one attached hydrogen (secondary N) is 1. The third-order valence-corrected chi connectivity index (χ3v) is 3.62. The summed E-state index contributed by atoms with van der Waals surface area (Å²) in [5, 5.41) is 15.8. The van der Waals surface area contributed by atoms with Crippen LogP contribution in [0.5, 0.6) is 0 Å². The molecular weight excluding hydrogens is 246 g/mol. The number of carboxylic acids is 1. The van der Waals surface area contributed by atoms with E-state index in [0.717, 1.165) is 12.0 Å². The topological polar surface area (TPSA) is 84.2 Å². The van der Waals surface area contributed by atoms with E-state index in [-0.39, 0.29) is 17.7 Å². The maximum atomic E-state index is 11.9. The van der Waals surface area contributed by atoms with E-state index in [1.54, 1.807) is 10.9 Å². The molecule has 1 fully saturated rings.